The first-order valence-corrected chi connectivity index (χ1v) is 8.57. The topological polar surface area (TPSA) is 68.3 Å². The van der Waals surface area contributed by atoms with Crippen LogP contribution < -0.4 is 5.32 Å². The average molecular weight is 344 g/mol. The number of esters is 1. The molecule has 1 aromatic heterocycles. The van der Waals surface area contributed by atoms with Gasteiger partial charge in [-0.05, 0) is 18.9 Å². The van der Waals surface area contributed by atoms with Gasteiger partial charge in [-0.15, -0.1) is 17.9 Å². The van der Waals surface area contributed by atoms with Crippen molar-refractivity contribution in [1.29, 1.82) is 0 Å². The minimum Gasteiger partial charge on any atom is -0.448 e. The van der Waals surface area contributed by atoms with Crippen LogP contribution in [0.4, 0.5) is 0 Å². The van der Waals surface area contributed by atoms with E-state index < -0.39 is 12.1 Å². The quantitative estimate of drug-likeness (QED) is 0.618. The predicted octanol–water partition coefficient (Wildman–Crippen LogP) is 3.22. The number of nitrogens with zero attached hydrogens (tertiary/aromatic N) is 1. The van der Waals surface area contributed by atoms with Crippen LogP contribution in [-0.4, -0.2) is 29.5 Å². The summed E-state index contributed by atoms with van der Waals surface area (Å²) in [5.41, 5.74) is 2.40. The van der Waals surface area contributed by atoms with E-state index in [0.29, 0.717) is 6.54 Å². The van der Waals surface area contributed by atoms with Crippen molar-refractivity contribution >= 4 is 23.2 Å². The number of aryl methyl sites for hydroxylation is 1. The van der Waals surface area contributed by atoms with Crippen LogP contribution >= 0.6 is 11.3 Å². The van der Waals surface area contributed by atoms with Crippen molar-refractivity contribution in [2.24, 2.45) is 0 Å². The van der Waals surface area contributed by atoms with Crippen molar-refractivity contribution < 1.29 is 14.3 Å². The maximum absolute atomic E-state index is 12.1. The molecule has 6 heteroatoms. The Morgan fingerprint density at radius 1 is 1.38 bits per heavy atom. The molecule has 126 valence electrons. The molecule has 5 nitrogen and oxygen atoms in total. The number of benzene rings is 1. The monoisotopic (exact) mass is 344 g/mol. The summed E-state index contributed by atoms with van der Waals surface area (Å²) in [6.07, 6.45) is 1.65. The second kappa shape index (κ2) is 8.40. The molecule has 0 saturated heterocycles. The van der Waals surface area contributed by atoms with Gasteiger partial charge in [0.25, 0.3) is 5.91 Å². The molecule has 0 aliphatic heterocycles. The first kappa shape index (κ1) is 17.9. The summed E-state index contributed by atoms with van der Waals surface area (Å²) in [6.45, 7) is 7.46. The number of thiazole rings is 1. The molecule has 2 rings (SSSR count). The van der Waals surface area contributed by atoms with E-state index in [1.807, 2.05) is 24.3 Å². The van der Waals surface area contributed by atoms with Crippen LogP contribution in [0.5, 0.6) is 0 Å². The zero-order valence-electron chi connectivity index (χ0n) is 13.7. The number of hydrogen-bond acceptors (Lipinski definition) is 5. The van der Waals surface area contributed by atoms with Gasteiger partial charge in [0.15, 0.2) is 11.8 Å². The number of ether oxygens (including phenoxy) is 1. The Morgan fingerprint density at radius 2 is 2.08 bits per heavy atom. The second-order valence-electron chi connectivity index (χ2n) is 5.17. The van der Waals surface area contributed by atoms with E-state index in [1.54, 1.807) is 11.5 Å². The van der Waals surface area contributed by atoms with Gasteiger partial charge in [0.05, 0.1) is 0 Å². The molecule has 0 fully saturated rings. The number of carbonyl (C=O) groups is 2. The lowest BCUT2D eigenvalue weighted by atomic mass is 10.1. The van der Waals surface area contributed by atoms with E-state index in [-0.39, 0.29) is 11.6 Å². The predicted molar refractivity (Wildman–Crippen MR) is 95.0 cm³/mol. The molecule has 0 aliphatic carbocycles. The lowest BCUT2D eigenvalue weighted by Gasteiger charge is -2.11. The number of carbonyl (C=O) groups excluding carboxylic acids is 2. The summed E-state index contributed by atoms with van der Waals surface area (Å²) in [5, 5.41) is 4.96. The van der Waals surface area contributed by atoms with Gasteiger partial charge in [-0.25, -0.2) is 9.78 Å². The third kappa shape index (κ3) is 4.52. The SMILES string of the molecule is C=CCNC(=O)[C@@H](C)OC(=O)c1csc(-c2ccc(CC)cc2)n1. The van der Waals surface area contributed by atoms with Crippen LogP contribution in [0.1, 0.15) is 29.9 Å². The van der Waals surface area contributed by atoms with Gasteiger partial charge >= 0.3 is 5.97 Å². The highest BCUT2D eigenvalue weighted by molar-refractivity contribution is 7.13. The van der Waals surface area contributed by atoms with Crippen molar-refractivity contribution in [3.8, 4) is 10.6 Å². The number of rotatable bonds is 7. The van der Waals surface area contributed by atoms with Gasteiger partial charge in [-0.1, -0.05) is 37.3 Å². The van der Waals surface area contributed by atoms with Crippen LogP contribution in [0.25, 0.3) is 10.6 Å². The molecular formula is C18H20N2O3S. The van der Waals surface area contributed by atoms with Crippen LogP contribution in [0, 0.1) is 0 Å². The summed E-state index contributed by atoms with van der Waals surface area (Å²) in [5.74, 6) is -0.974. The molecule has 1 N–H and O–H groups in total. The molecule has 24 heavy (non-hydrogen) atoms. The Balaban J connectivity index is 2.02. The third-order valence-corrected chi connectivity index (χ3v) is 4.29. The Labute approximate surface area is 145 Å². The van der Waals surface area contributed by atoms with Crippen LogP contribution in [0.15, 0.2) is 42.3 Å². The van der Waals surface area contributed by atoms with E-state index in [2.05, 4.69) is 23.8 Å². The second-order valence-corrected chi connectivity index (χ2v) is 6.03. The summed E-state index contributed by atoms with van der Waals surface area (Å²) in [7, 11) is 0. The Hall–Kier alpha value is -2.47. The van der Waals surface area contributed by atoms with E-state index in [4.69, 9.17) is 4.74 Å². The van der Waals surface area contributed by atoms with Crippen molar-refractivity contribution in [3.63, 3.8) is 0 Å². The fourth-order valence-corrected chi connectivity index (χ4v) is 2.77. The number of hydrogen-bond donors (Lipinski definition) is 1. The van der Waals surface area contributed by atoms with E-state index in [1.165, 1.54) is 23.8 Å². The summed E-state index contributed by atoms with van der Waals surface area (Å²) >= 11 is 1.37. The smallest absolute Gasteiger partial charge is 0.358 e. The van der Waals surface area contributed by atoms with Crippen molar-refractivity contribution in [2.45, 2.75) is 26.4 Å². The Morgan fingerprint density at radius 3 is 2.71 bits per heavy atom. The molecule has 0 spiro atoms. The molecule has 0 bridgehead atoms. The van der Waals surface area contributed by atoms with E-state index in [9.17, 15) is 9.59 Å². The summed E-state index contributed by atoms with van der Waals surface area (Å²) in [4.78, 5) is 28.1. The van der Waals surface area contributed by atoms with Crippen molar-refractivity contribution in [2.75, 3.05) is 6.54 Å². The number of aromatic nitrogens is 1. The molecular weight excluding hydrogens is 324 g/mol. The summed E-state index contributed by atoms with van der Waals surface area (Å²) < 4.78 is 5.14. The minimum absolute atomic E-state index is 0.206. The zero-order chi connectivity index (χ0) is 17.5. The summed E-state index contributed by atoms with van der Waals surface area (Å²) in [6, 6.07) is 8.05. The minimum atomic E-state index is -0.883. The fourth-order valence-electron chi connectivity index (χ4n) is 1.97. The molecule has 0 unspecified atom stereocenters. The molecule has 1 atom stereocenters. The fraction of sp³-hybridized carbons (Fsp3) is 0.278. The maximum Gasteiger partial charge on any atom is 0.358 e. The number of amides is 1. The van der Waals surface area contributed by atoms with Crippen molar-refractivity contribution in [3.05, 3.63) is 53.6 Å². The first-order chi connectivity index (χ1) is 11.5. The van der Waals surface area contributed by atoms with E-state index in [0.717, 1.165) is 17.0 Å². The first-order valence-electron chi connectivity index (χ1n) is 7.69. The Bertz CT molecular complexity index is 722. The molecule has 2 aromatic rings. The average Bonchev–Trinajstić information content (AvgIpc) is 3.09. The molecule has 0 radical (unpaired) electrons. The third-order valence-electron chi connectivity index (χ3n) is 3.40. The van der Waals surface area contributed by atoms with Gasteiger partial charge in [-0.2, -0.15) is 0 Å². The van der Waals surface area contributed by atoms with Gasteiger partial charge in [0.1, 0.15) is 5.01 Å². The van der Waals surface area contributed by atoms with Gasteiger partial charge in [-0.3, -0.25) is 4.79 Å². The molecule has 0 saturated carbocycles. The highest BCUT2D eigenvalue weighted by Crippen LogP contribution is 2.24. The van der Waals surface area contributed by atoms with Gasteiger partial charge in [0.2, 0.25) is 0 Å². The van der Waals surface area contributed by atoms with Crippen molar-refractivity contribution in [1.82, 2.24) is 10.3 Å². The van der Waals surface area contributed by atoms with Gasteiger partial charge in [0, 0.05) is 17.5 Å². The highest BCUT2D eigenvalue weighted by atomic mass is 32.1. The van der Waals surface area contributed by atoms with Crippen LogP contribution in [0.2, 0.25) is 0 Å². The largest absolute Gasteiger partial charge is 0.448 e. The standard InChI is InChI=1S/C18H20N2O3S/c1-4-10-19-16(21)12(3)23-18(22)15-11-24-17(20-15)14-8-6-13(5-2)7-9-14/h4,6-9,11-12H,1,5,10H2,2-3H3,(H,19,21)/t12-/m1/s1. The molecule has 1 heterocycles. The van der Waals surface area contributed by atoms with E-state index >= 15 is 0 Å². The lowest BCUT2D eigenvalue weighted by molar-refractivity contribution is -0.128. The lowest BCUT2D eigenvalue weighted by Crippen LogP contribution is -2.35. The maximum atomic E-state index is 12.1. The molecule has 1 aromatic carbocycles. The zero-order valence-corrected chi connectivity index (χ0v) is 14.6. The Kier molecular flexibility index (Phi) is 6.26. The normalized spacial score (nSPS) is 11.6. The van der Waals surface area contributed by atoms with Gasteiger partial charge < -0.3 is 10.1 Å². The van der Waals surface area contributed by atoms with Crippen LogP contribution in [0.3, 0.4) is 0 Å². The highest BCUT2D eigenvalue weighted by Gasteiger charge is 2.20. The molecule has 1 amide bonds. The van der Waals surface area contributed by atoms with Crippen LogP contribution in [-0.2, 0) is 16.0 Å². The molecule has 0 aliphatic rings. The number of nitrogens with one attached hydrogen (secondary N) is 1.